The minimum atomic E-state index is 0. The second-order valence-electron chi connectivity index (χ2n) is 1.65. The van der Waals surface area contributed by atoms with Crippen LogP contribution < -0.4 is 0 Å². The fourth-order valence-electron chi connectivity index (χ4n) is 0.554. The Kier molecular flexibility index (Phi) is 2.62. The van der Waals surface area contributed by atoms with Gasteiger partial charge in [-0.25, -0.2) is 0 Å². The van der Waals surface area contributed by atoms with Gasteiger partial charge in [-0.15, -0.1) is 0 Å². The van der Waals surface area contributed by atoms with Crippen LogP contribution >= 0.6 is 0 Å². The Morgan fingerprint density at radius 3 is 2.57 bits per heavy atom. The molecule has 0 radical (unpaired) electrons. The molecule has 36 valence electrons. The predicted molar refractivity (Wildman–Crippen MR) is 35.5 cm³/mol. The third-order valence-corrected chi connectivity index (χ3v) is 0.957. The number of hydrogen-bond donors (Lipinski definition) is 0. The molecule has 1 aliphatic rings. The summed E-state index contributed by atoms with van der Waals surface area (Å²) >= 11 is 0. The van der Waals surface area contributed by atoms with Crippen molar-refractivity contribution in [2.45, 2.75) is 13.3 Å². The third-order valence-electron chi connectivity index (χ3n) is 0.957. The number of allylic oxidation sites excluding steroid dienone is 4. The van der Waals surface area contributed by atoms with E-state index in [9.17, 15) is 0 Å². The molecule has 0 aromatic heterocycles. The second kappa shape index (κ2) is 2.76. The Bertz CT molecular complexity index is 108. The summed E-state index contributed by atoms with van der Waals surface area (Å²) in [7, 11) is 0. The first kappa shape index (κ1) is 6.65. The standard InChI is InChI=1S/C6H8.Be.2H/c1-6-4-2-3-5-6;;;/h2-4H,5H2,1H3;;;/q;+2;2*-1. The maximum Gasteiger partial charge on any atom is 2.00 e. The van der Waals surface area contributed by atoms with E-state index < -0.39 is 0 Å². The van der Waals surface area contributed by atoms with E-state index in [1.54, 1.807) is 0 Å². The number of rotatable bonds is 0. The predicted octanol–water partition coefficient (Wildman–Crippen LogP) is 1.74. The molecule has 1 heteroatoms. The van der Waals surface area contributed by atoms with Crippen LogP contribution in [0.15, 0.2) is 23.8 Å². The zero-order valence-electron chi connectivity index (χ0n) is 6.65. The third kappa shape index (κ3) is 1.70. The minimum Gasteiger partial charge on any atom is -1.00 e. The molecule has 0 fully saturated rings. The molecular weight excluding hydrogens is 81.1 g/mol. The zero-order chi connectivity index (χ0) is 4.41. The zero-order valence-corrected chi connectivity index (χ0v) is 4.65. The maximum absolute atomic E-state index is 2.16. The molecule has 0 nitrogen and oxygen atoms in total. The van der Waals surface area contributed by atoms with Gasteiger partial charge in [0, 0.05) is 0 Å². The summed E-state index contributed by atoms with van der Waals surface area (Å²) in [5.41, 5.74) is 1.47. The normalized spacial score (nSPS) is 15.9. The van der Waals surface area contributed by atoms with Gasteiger partial charge in [0.25, 0.3) is 0 Å². The summed E-state index contributed by atoms with van der Waals surface area (Å²) in [6.45, 7) is 2.14. The van der Waals surface area contributed by atoms with Gasteiger partial charge in [0.1, 0.15) is 0 Å². The van der Waals surface area contributed by atoms with Crippen molar-refractivity contribution in [2.24, 2.45) is 0 Å². The van der Waals surface area contributed by atoms with Crippen LogP contribution in [0.3, 0.4) is 0 Å². The molecule has 0 saturated carbocycles. The Hall–Kier alpha value is -0.351. The summed E-state index contributed by atoms with van der Waals surface area (Å²) in [6.07, 6.45) is 7.56. The molecule has 0 amide bonds. The Labute approximate surface area is 51.1 Å². The second-order valence-corrected chi connectivity index (χ2v) is 1.65. The smallest absolute Gasteiger partial charge is 1.00 e. The first-order valence-corrected chi connectivity index (χ1v) is 2.22. The largest absolute Gasteiger partial charge is 2.00 e. The van der Waals surface area contributed by atoms with Gasteiger partial charge >= 0.3 is 10.1 Å². The molecule has 0 unspecified atom stereocenters. The molecule has 7 heavy (non-hydrogen) atoms. The molecular formula is C6H10Be. The van der Waals surface area contributed by atoms with Gasteiger partial charge in [-0.1, -0.05) is 23.8 Å². The van der Waals surface area contributed by atoms with Crippen molar-refractivity contribution in [3.8, 4) is 0 Å². The molecule has 0 heterocycles. The van der Waals surface area contributed by atoms with Gasteiger partial charge in [-0.3, -0.25) is 0 Å². The molecule has 0 aliphatic heterocycles. The van der Waals surface area contributed by atoms with Crippen LogP contribution in [0.1, 0.15) is 16.2 Å². The molecule has 0 bridgehead atoms. The molecule has 0 atom stereocenters. The van der Waals surface area contributed by atoms with E-state index in [1.807, 2.05) is 0 Å². The van der Waals surface area contributed by atoms with Crippen LogP contribution in [0.5, 0.6) is 0 Å². The molecule has 1 aliphatic carbocycles. The van der Waals surface area contributed by atoms with Crippen LogP contribution in [-0.4, -0.2) is 10.1 Å². The topological polar surface area (TPSA) is 0 Å². The van der Waals surface area contributed by atoms with E-state index in [4.69, 9.17) is 0 Å². The average Bonchev–Trinajstić information content (AvgIpc) is 1.86. The van der Waals surface area contributed by atoms with Crippen LogP contribution in [0.2, 0.25) is 0 Å². The van der Waals surface area contributed by atoms with Gasteiger partial charge in [0.15, 0.2) is 0 Å². The van der Waals surface area contributed by atoms with E-state index in [1.165, 1.54) is 12.0 Å². The van der Waals surface area contributed by atoms with Crippen LogP contribution in [0.4, 0.5) is 0 Å². The van der Waals surface area contributed by atoms with E-state index in [0.717, 1.165) is 0 Å². The SMILES string of the molecule is CC1=CC=CC1.[Be+2].[H-].[H-]. The number of hydrogen-bond acceptors (Lipinski definition) is 0. The summed E-state index contributed by atoms with van der Waals surface area (Å²) in [5, 5.41) is 0. The van der Waals surface area contributed by atoms with Crippen LogP contribution in [-0.2, 0) is 0 Å². The van der Waals surface area contributed by atoms with Gasteiger partial charge in [0.05, 0.1) is 0 Å². The van der Waals surface area contributed by atoms with Crippen molar-refractivity contribution < 1.29 is 2.85 Å². The summed E-state index contributed by atoms with van der Waals surface area (Å²) < 4.78 is 0. The van der Waals surface area contributed by atoms with Crippen molar-refractivity contribution in [3.05, 3.63) is 23.8 Å². The Balaban J connectivity index is -0.000000120. The van der Waals surface area contributed by atoms with Gasteiger partial charge < -0.3 is 2.85 Å². The molecule has 0 aromatic rings. The average molecular weight is 91.2 g/mol. The summed E-state index contributed by atoms with van der Waals surface area (Å²) in [6, 6.07) is 0. The van der Waals surface area contributed by atoms with Crippen molar-refractivity contribution in [1.29, 1.82) is 0 Å². The van der Waals surface area contributed by atoms with E-state index >= 15 is 0 Å². The van der Waals surface area contributed by atoms with Gasteiger partial charge in [-0.05, 0) is 13.3 Å². The Morgan fingerprint density at radius 1 is 1.71 bits per heavy atom. The van der Waals surface area contributed by atoms with Crippen LogP contribution in [0, 0.1) is 0 Å². The van der Waals surface area contributed by atoms with Gasteiger partial charge in [-0.2, -0.15) is 0 Å². The maximum atomic E-state index is 2.16. The van der Waals surface area contributed by atoms with Crippen molar-refractivity contribution in [3.63, 3.8) is 0 Å². The quantitative estimate of drug-likeness (QED) is 0.398. The monoisotopic (exact) mass is 91.1 g/mol. The molecule has 0 spiro atoms. The first-order valence-electron chi connectivity index (χ1n) is 2.22. The fourth-order valence-corrected chi connectivity index (χ4v) is 0.554. The fraction of sp³-hybridized carbons (Fsp3) is 0.333. The molecule has 0 saturated heterocycles. The summed E-state index contributed by atoms with van der Waals surface area (Å²) in [4.78, 5) is 0. The minimum absolute atomic E-state index is 0. The molecule has 0 aromatic carbocycles. The Morgan fingerprint density at radius 2 is 2.43 bits per heavy atom. The van der Waals surface area contributed by atoms with E-state index in [0.29, 0.717) is 0 Å². The van der Waals surface area contributed by atoms with Crippen LogP contribution in [0.25, 0.3) is 0 Å². The van der Waals surface area contributed by atoms with E-state index in [-0.39, 0.29) is 13.0 Å². The van der Waals surface area contributed by atoms with E-state index in [2.05, 4.69) is 25.2 Å². The summed E-state index contributed by atoms with van der Waals surface area (Å²) in [5.74, 6) is 0. The van der Waals surface area contributed by atoms with Crippen molar-refractivity contribution >= 4 is 10.1 Å². The van der Waals surface area contributed by atoms with Crippen molar-refractivity contribution in [2.75, 3.05) is 0 Å². The van der Waals surface area contributed by atoms with Gasteiger partial charge in [0.2, 0.25) is 0 Å². The first-order chi connectivity index (χ1) is 2.89. The van der Waals surface area contributed by atoms with Crippen molar-refractivity contribution in [1.82, 2.24) is 0 Å². The molecule has 0 N–H and O–H groups in total. The molecule has 1 rings (SSSR count).